The van der Waals surface area contributed by atoms with Crippen molar-refractivity contribution in [3.8, 4) is 5.82 Å². The van der Waals surface area contributed by atoms with Crippen LogP contribution < -0.4 is 0 Å². The monoisotopic (exact) mass is 347 g/mol. The van der Waals surface area contributed by atoms with E-state index in [1.54, 1.807) is 12.3 Å². The molecule has 0 saturated heterocycles. The Kier molecular flexibility index (Phi) is 4.60. The molecule has 2 rings (SSSR count). The summed E-state index contributed by atoms with van der Waals surface area (Å²) in [4.78, 5) is 4.03. The van der Waals surface area contributed by atoms with Gasteiger partial charge in [-0.2, -0.15) is 5.10 Å². The SMILES string of the molecule is Cc1ccnc(-n2nc(CC(C)C)c(S(=O)(=O)Cl)c2Cl)c1. The molecule has 0 N–H and O–H groups in total. The standard InChI is InChI=1S/C13H15Cl2N3O2S/c1-8(2)6-10-12(21(15,19)20)13(14)18(17-10)11-7-9(3)4-5-16-11/h4-5,7-8H,6H2,1-3H3. The molecule has 2 heterocycles. The zero-order chi connectivity index (χ0) is 15.8. The van der Waals surface area contributed by atoms with Gasteiger partial charge < -0.3 is 0 Å². The molecule has 0 unspecified atom stereocenters. The van der Waals surface area contributed by atoms with Crippen molar-refractivity contribution in [2.75, 3.05) is 0 Å². The fourth-order valence-electron chi connectivity index (χ4n) is 1.97. The first-order valence-corrected chi connectivity index (χ1v) is 9.04. The number of pyridine rings is 1. The lowest BCUT2D eigenvalue weighted by atomic mass is 10.1. The average Bonchev–Trinajstić information content (AvgIpc) is 2.64. The number of aryl methyl sites for hydroxylation is 1. The van der Waals surface area contributed by atoms with Gasteiger partial charge in [-0.1, -0.05) is 25.4 Å². The fourth-order valence-corrected chi connectivity index (χ4v) is 3.81. The molecule has 114 valence electrons. The molecular weight excluding hydrogens is 333 g/mol. The van der Waals surface area contributed by atoms with E-state index in [1.165, 1.54) is 4.68 Å². The van der Waals surface area contributed by atoms with Crippen LogP contribution in [0.5, 0.6) is 0 Å². The van der Waals surface area contributed by atoms with Gasteiger partial charge in [0.2, 0.25) is 0 Å². The van der Waals surface area contributed by atoms with Crippen molar-refractivity contribution >= 4 is 31.3 Å². The Bertz CT molecular complexity index is 770. The van der Waals surface area contributed by atoms with Crippen molar-refractivity contribution in [2.24, 2.45) is 5.92 Å². The van der Waals surface area contributed by atoms with E-state index in [4.69, 9.17) is 22.3 Å². The highest BCUT2D eigenvalue weighted by Crippen LogP contribution is 2.31. The van der Waals surface area contributed by atoms with Crippen LogP contribution in [0, 0.1) is 12.8 Å². The van der Waals surface area contributed by atoms with Crippen molar-refractivity contribution in [1.82, 2.24) is 14.8 Å². The second-order valence-electron chi connectivity index (χ2n) is 5.21. The number of hydrogen-bond acceptors (Lipinski definition) is 4. The molecule has 0 aliphatic heterocycles. The van der Waals surface area contributed by atoms with Crippen molar-refractivity contribution in [3.05, 3.63) is 34.7 Å². The third-order valence-corrected chi connectivity index (χ3v) is 4.66. The van der Waals surface area contributed by atoms with Gasteiger partial charge in [-0.3, -0.25) is 0 Å². The number of aromatic nitrogens is 3. The molecule has 21 heavy (non-hydrogen) atoms. The Morgan fingerprint density at radius 1 is 1.38 bits per heavy atom. The molecule has 2 aromatic rings. The van der Waals surface area contributed by atoms with Crippen LogP contribution in [-0.4, -0.2) is 23.2 Å². The maximum absolute atomic E-state index is 11.8. The lowest BCUT2D eigenvalue weighted by Gasteiger charge is -2.02. The molecular formula is C13H15Cl2N3O2S. The van der Waals surface area contributed by atoms with Gasteiger partial charge in [0.25, 0.3) is 9.05 Å². The summed E-state index contributed by atoms with van der Waals surface area (Å²) in [5, 5.41) is 4.24. The van der Waals surface area contributed by atoms with E-state index in [0.29, 0.717) is 17.9 Å². The van der Waals surface area contributed by atoms with E-state index in [2.05, 4.69) is 10.1 Å². The van der Waals surface area contributed by atoms with Crippen molar-refractivity contribution in [2.45, 2.75) is 32.1 Å². The maximum Gasteiger partial charge on any atom is 0.266 e. The highest BCUT2D eigenvalue weighted by Gasteiger charge is 2.27. The molecule has 0 fully saturated rings. The van der Waals surface area contributed by atoms with Crippen LogP contribution in [0.4, 0.5) is 0 Å². The summed E-state index contributed by atoms with van der Waals surface area (Å²) in [5.41, 5.74) is 1.32. The predicted molar refractivity (Wildman–Crippen MR) is 82.7 cm³/mol. The molecule has 0 bridgehead atoms. The molecule has 0 aliphatic rings. The minimum absolute atomic E-state index is 0.0428. The highest BCUT2D eigenvalue weighted by molar-refractivity contribution is 8.13. The predicted octanol–water partition coefficient (Wildman–Crippen LogP) is 3.36. The van der Waals surface area contributed by atoms with Crippen LogP contribution in [0.25, 0.3) is 5.82 Å². The summed E-state index contributed by atoms with van der Waals surface area (Å²) in [6, 6.07) is 3.60. The van der Waals surface area contributed by atoms with Crippen LogP contribution in [0.2, 0.25) is 5.15 Å². The third-order valence-electron chi connectivity index (χ3n) is 2.82. The second kappa shape index (κ2) is 5.94. The minimum atomic E-state index is -3.98. The number of nitrogens with zero attached hydrogens (tertiary/aromatic N) is 3. The van der Waals surface area contributed by atoms with Gasteiger partial charge in [0, 0.05) is 16.9 Å². The molecule has 8 heteroatoms. The summed E-state index contributed by atoms with van der Waals surface area (Å²) in [5.74, 6) is 0.670. The molecule has 0 spiro atoms. The zero-order valence-electron chi connectivity index (χ0n) is 11.8. The van der Waals surface area contributed by atoms with Gasteiger partial charge in [-0.25, -0.2) is 18.1 Å². The van der Waals surface area contributed by atoms with Gasteiger partial charge in [0.15, 0.2) is 11.0 Å². The van der Waals surface area contributed by atoms with E-state index in [0.717, 1.165) is 5.56 Å². The molecule has 0 amide bonds. The zero-order valence-corrected chi connectivity index (χ0v) is 14.2. The number of halogens is 2. The van der Waals surface area contributed by atoms with Crippen LogP contribution in [-0.2, 0) is 15.5 Å². The van der Waals surface area contributed by atoms with Crippen LogP contribution >= 0.6 is 22.3 Å². The smallest absolute Gasteiger partial charge is 0.237 e. The lowest BCUT2D eigenvalue weighted by Crippen LogP contribution is -2.02. The normalized spacial score (nSPS) is 12.1. The Balaban J connectivity index is 2.67. The fraction of sp³-hybridized carbons (Fsp3) is 0.385. The van der Waals surface area contributed by atoms with E-state index in [1.807, 2.05) is 26.8 Å². The first kappa shape index (κ1) is 16.3. The molecule has 0 aliphatic carbocycles. The van der Waals surface area contributed by atoms with E-state index in [-0.39, 0.29) is 16.0 Å². The van der Waals surface area contributed by atoms with Crippen LogP contribution in [0.15, 0.2) is 23.2 Å². The first-order chi connectivity index (χ1) is 9.70. The Hall–Kier alpha value is -1.11. The highest BCUT2D eigenvalue weighted by atomic mass is 35.7. The van der Waals surface area contributed by atoms with Crippen LogP contribution in [0.1, 0.15) is 25.1 Å². The molecule has 0 saturated carbocycles. The number of rotatable bonds is 4. The van der Waals surface area contributed by atoms with Crippen molar-refractivity contribution in [1.29, 1.82) is 0 Å². The quantitative estimate of drug-likeness (QED) is 0.795. The van der Waals surface area contributed by atoms with E-state index in [9.17, 15) is 8.42 Å². The van der Waals surface area contributed by atoms with E-state index < -0.39 is 9.05 Å². The topological polar surface area (TPSA) is 64.8 Å². The molecule has 0 aromatic carbocycles. The number of hydrogen-bond donors (Lipinski definition) is 0. The summed E-state index contributed by atoms with van der Waals surface area (Å²) in [7, 11) is 1.52. The largest absolute Gasteiger partial charge is 0.266 e. The van der Waals surface area contributed by atoms with Crippen molar-refractivity contribution in [3.63, 3.8) is 0 Å². The van der Waals surface area contributed by atoms with Gasteiger partial charge in [0.1, 0.15) is 4.90 Å². The maximum atomic E-state index is 11.8. The van der Waals surface area contributed by atoms with Gasteiger partial charge in [-0.05, 0) is 37.0 Å². The molecule has 5 nitrogen and oxygen atoms in total. The third kappa shape index (κ3) is 3.56. The van der Waals surface area contributed by atoms with Crippen LogP contribution in [0.3, 0.4) is 0 Å². The Labute approximate surface area is 133 Å². The van der Waals surface area contributed by atoms with Gasteiger partial charge >= 0.3 is 0 Å². The average molecular weight is 348 g/mol. The Morgan fingerprint density at radius 2 is 2.05 bits per heavy atom. The van der Waals surface area contributed by atoms with Gasteiger partial charge in [-0.15, -0.1) is 0 Å². The second-order valence-corrected chi connectivity index (χ2v) is 8.07. The van der Waals surface area contributed by atoms with E-state index >= 15 is 0 Å². The van der Waals surface area contributed by atoms with Gasteiger partial charge in [0.05, 0.1) is 5.69 Å². The lowest BCUT2D eigenvalue weighted by molar-refractivity contribution is 0.600. The summed E-state index contributed by atoms with van der Waals surface area (Å²) in [6.07, 6.45) is 2.07. The molecule has 2 aromatic heterocycles. The summed E-state index contributed by atoms with van der Waals surface area (Å²) >= 11 is 6.18. The van der Waals surface area contributed by atoms with Crippen molar-refractivity contribution < 1.29 is 8.42 Å². The Morgan fingerprint density at radius 3 is 2.57 bits per heavy atom. The first-order valence-electron chi connectivity index (χ1n) is 6.35. The summed E-state index contributed by atoms with van der Waals surface area (Å²) in [6.45, 7) is 5.82. The molecule has 0 radical (unpaired) electrons. The summed E-state index contributed by atoms with van der Waals surface area (Å²) < 4.78 is 24.9. The molecule has 0 atom stereocenters. The minimum Gasteiger partial charge on any atom is -0.237 e.